The topological polar surface area (TPSA) is 44.8 Å². The van der Waals surface area contributed by atoms with Crippen molar-refractivity contribution in [1.82, 2.24) is 15.1 Å². The van der Waals surface area contributed by atoms with E-state index in [4.69, 9.17) is 4.74 Å². The molecule has 0 aromatic heterocycles. The summed E-state index contributed by atoms with van der Waals surface area (Å²) in [6.45, 7) is 6.25. The molecule has 0 radical (unpaired) electrons. The Kier molecular flexibility index (Phi) is 6.56. The molecule has 2 fully saturated rings. The second kappa shape index (κ2) is 7.45. The van der Waals surface area contributed by atoms with Crippen LogP contribution in [0.5, 0.6) is 0 Å². The highest BCUT2D eigenvalue weighted by Crippen LogP contribution is 2.18. The average Bonchev–Trinajstić information content (AvgIpc) is 2.81. The molecule has 3 heterocycles. The summed E-state index contributed by atoms with van der Waals surface area (Å²) in [5, 5.41) is 3.16. The Morgan fingerprint density at radius 1 is 1.21 bits per heavy atom. The number of ether oxygens (including phenoxy) is 1. The van der Waals surface area contributed by atoms with Gasteiger partial charge in [-0.2, -0.15) is 0 Å². The van der Waals surface area contributed by atoms with Gasteiger partial charge in [-0.3, -0.25) is 15.0 Å². The summed E-state index contributed by atoms with van der Waals surface area (Å²) >= 11 is 0. The number of amides is 1. The van der Waals surface area contributed by atoms with E-state index in [1.807, 2.05) is 17.1 Å². The van der Waals surface area contributed by atoms with Crippen molar-refractivity contribution in [3.8, 4) is 0 Å². The number of morpholine rings is 1. The van der Waals surface area contributed by atoms with Gasteiger partial charge in [-0.25, -0.2) is 0 Å². The van der Waals surface area contributed by atoms with E-state index in [9.17, 15) is 4.79 Å². The van der Waals surface area contributed by atoms with E-state index < -0.39 is 0 Å². The van der Waals surface area contributed by atoms with Gasteiger partial charge in [0, 0.05) is 38.8 Å². The van der Waals surface area contributed by atoms with Gasteiger partial charge in [0.1, 0.15) is 6.04 Å². The van der Waals surface area contributed by atoms with Crippen molar-refractivity contribution in [3.63, 3.8) is 0 Å². The number of hydrogen-bond acceptors (Lipinski definition) is 4. The predicted octanol–water partition coefficient (Wildman–Crippen LogP) is -0.0990. The van der Waals surface area contributed by atoms with Gasteiger partial charge in [-0.05, 0) is 0 Å². The SMILES string of the molecule is Cl.Cl.O=C(C1C=CCN1)N1CC(N2CCOCC2)C1. The predicted molar refractivity (Wildman–Crippen MR) is 78.2 cm³/mol. The van der Waals surface area contributed by atoms with Gasteiger partial charge in [0.15, 0.2) is 0 Å². The number of rotatable bonds is 2. The third-order valence-electron chi connectivity index (χ3n) is 3.79. The minimum atomic E-state index is -0.0827. The zero-order valence-corrected chi connectivity index (χ0v) is 12.4. The normalized spacial score (nSPS) is 27.4. The molecule has 0 bridgehead atoms. The van der Waals surface area contributed by atoms with Crippen molar-refractivity contribution in [1.29, 1.82) is 0 Å². The van der Waals surface area contributed by atoms with E-state index in [0.29, 0.717) is 6.04 Å². The first kappa shape index (κ1) is 16.7. The van der Waals surface area contributed by atoms with Crippen molar-refractivity contribution in [2.45, 2.75) is 12.1 Å². The van der Waals surface area contributed by atoms with E-state index in [0.717, 1.165) is 45.9 Å². The molecule has 0 aliphatic carbocycles. The number of nitrogens with one attached hydrogen (secondary N) is 1. The molecule has 2 saturated heterocycles. The minimum absolute atomic E-state index is 0. The van der Waals surface area contributed by atoms with Crippen molar-refractivity contribution >= 4 is 30.7 Å². The summed E-state index contributed by atoms with van der Waals surface area (Å²) < 4.78 is 5.33. The molecule has 19 heavy (non-hydrogen) atoms. The standard InChI is InChI=1S/C12H19N3O2.2ClH/c16-12(11-2-1-3-13-11)15-8-10(9-15)14-4-6-17-7-5-14;;/h1-2,10-11,13H,3-9H2;2*1H. The molecule has 0 aromatic carbocycles. The summed E-state index contributed by atoms with van der Waals surface area (Å²) in [6, 6.07) is 0.467. The third kappa shape index (κ3) is 3.61. The van der Waals surface area contributed by atoms with Gasteiger partial charge in [0.25, 0.3) is 0 Å². The molecule has 7 heteroatoms. The molecule has 5 nitrogen and oxygen atoms in total. The van der Waals surface area contributed by atoms with Crippen LogP contribution in [0.1, 0.15) is 0 Å². The van der Waals surface area contributed by atoms with Gasteiger partial charge in [0.2, 0.25) is 5.91 Å². The Morgan fingerprint density at radius 3 is 2.47 bits per heavy atom. The van der Waals surface area contributed by atoms with Crippen molar-refractivity contribution in [2.75, 3.05) is 45.9 Å². The van der Waals surface area contributed by atoms with Crippen LogP contribution in [-0.4, -0.2) is 73.7 Å². The fraction of sp³-hybridized carbons (Fsp3) is 0.750. The van der Waals surface area contributed by atoms with Crippen molar-refractivity contribution < 1.29 is 9.53 Å². The molecule has 3 rings (SSSR count). The van der Waals surface area contributed by atoms with Gasteiger partial charge >= 0.3 is 0 Å². The zero-order chi connectivity index (χ0) is 11.7. The lowest BCUT2D eigenvalue weighted by Gasteiger charge is -2.47. The lowest BCUT2D eigenvalue weighted by molar-refractivity contribution is -0.140. The van der Waals surface area contributed by atoms with Crippen LogP contribution >= 0.6 is 24.8 Å². The van der Waals surface area contributed by atoms with E-state index in [1.165, 1.54) is 0 Å². The van der Waals surface area contributed by atoms with Crippen LogP contribution in [0.3, 0.4) is 0 Å². The molecular formula is C12H21Cl2N3O2. The Balaban J connectivity index is 0.000000902. The number of hydrogen-bond donors (Lipinski definition) is 1. The highest BCUT2D eigenvalue weighted by molar-refractivity contribution is 5.86. The molecule has 1 N–H and O–H groups in total. The molecular weight excluding hydrogens is 289 g/mol. The van der Waals surface area contributed by atoms with Crippen molar-refractivity contribution in [3.05, 3.63) is 12.2 Å². The molecule has 3 aliphatic rings. The quantitative estimate of drug-likeness (QED) is 0.724. The fourth-order valence-electron chi connectivity index (χ4n) is 2.64. The molecule has 3 aliphatic heterocycles. The van der Waals surface area contributed by atoms with Crippen LogP contribution in [0.15, 0.2) is 12.2 Å². The highest BCUT2D eigenvalue weighted by atomic mass is 35.5. The van der Waals surface area contributed by atoms with Crippen molar-refractivity contribution in [2.24, 2.45) is 0 Å². The van der Waals surface area contributed by atoms with Crippen LogP contribution in [0.25, 0.3) is 0 Å². The highest BCUT2D eigenvalue weighted by Gasteiger charge is 2.37. The molecule has 0 aromatic rings. The minimum Gasteiger partial charge on any atom is -0.379 e. The molecule has 1 atom stereocenters. The maximum absolute atomic E-state index is 12.0. The molecule has 0 saturated carbocycles. The number of carbonyl (C=O) groups is 1. The monoisotopic (exact) mass is 309 g/mol. The Bertz CT molecular complexity index is 329. The Hall–Kier alpha value is -0.330. The van der Waals surface area contributed by atoms with Gasteiger partial charge in [0.05, 0.1) is 13.2 Å². The fourth-order valence-corrected chi connectivity index (χ4v) is 2.64. The lowest BCUT2D eigenvalue weighted by Crippen LogP contribution is -2.64. The summed E-state index contributed by atoms with van der Waals surface area (Å²) in [4.78, 5) is 16.4. The average molecular weight is 310 g/mol. The molecule has 1 unspecified atom stereocenters. The summed E-state index contributed by atoms with van der Waals surface area (Å²) in [5.41, 5.74) is 0. The first-order chi connectivity index (χ1) is 8.34. The van der Waals surface area contributed by atoms with Crippen LogP contribution in [0.2, 0.25) is 0 Å². The van der Waals surface area contributed by atoms with Gasteiger partial charge < -0.3 is 9.64 Å². The first-order valence-corrected chi connectivity index (χ1v) is 6.35. The number of nitrogens with zero attached hydrogens (tertiary/aromatic N) is 2. The van der Waals surface area contributed by atoms with Gasteiger partial charge in [-0.15, -0.1) is 24.8 Å². The van der Waals surface area contributed by atoms with Crippen LogP contribution < -0.4 is 5.32 Å². The first-order valence-electron chi connectivity index (χ1n) is 6.35. The summed E-state index contributed by atoms with van der Waals surface area (Å²) in [7, 11) is 0. The molecule has 0 spiro atoms. The Labute approximate surface area is 126 Å². The number of likely N-dealkylation sites (tertiary alicyclic amines) is 1. The largest absolute Gasteiger partial charge is 0.379 e. The van der Waals surface area contributed by atoms with Crippen LogP contribution in [0, 0.1) is 0 Å². The second-order valence-corrected chi connectivity index (χ2v) is 4.86. The summed E-state index contributed by atoms with van der Waals surface area (Å²) in [6.07, 6.45) is 3.98. The smallest absolute Gasteiger partial charge is 0.243 e. The summed E-state index contributed by atoms with van der Waals surface area (Å²) in [5.74, 6) is 0.225. The van der Waals surface area contributed by atoms with E-state index in [-0.39, 0.29) is 36.8 Å². The Morgan fingerprint density at radius 2 is 1.89 bits per heavy atom. The van der Waals surface area contributed by atoms with Gasteiger partial charge in [-0.1, -0.05) is 12.2 Å². The molecule has 1 amide bonds. The van der Waals surface area contributed by atoms with Crippen LogP contribution in [0.4, 0.5) is 0 Å². The number of carbonyl (C=O) groups excluding carboxylic acids is 1. The maximum Gasteiger partial charge on any atom is 0.243 e. The van der Waals surface area contributed by atoms with E-state index in [1.54, 1.807) is 0 Å². The van der Waals surface area contributed by atoms with E-state index in [2.05, 4.69) is 10.2 Å². The maximum atomic E-state index is 12.0. The lowest BCUT2D eigenvalue weighted by atomic mass is 10.0. The number of halogens is 2. The third-order valence-corrected chi connectivity index (χ3v) is 3.79. The van der Waals surface area contributed by atoms with E-state index >= 15 is 0 Å². The molecule has 110 valence electrons. The second-order valence-electron chi connectivity index (χ2n) is 4.86. The van der Waals surface area contributed by atoms with Crippen LogP contribution in [-0.2, 0) is 9.53 Å². The zero-order valence-electron chi connectivity index (χ0n) is 10.8.